The minimum atomic E-state index is 0.800. The summed E-state index contributed by atoms with van der Waals surface area (Å²) in [5.74, 6) is 0.899. The van der Waals surface area contributed by atoms with Crippen LogP contribution in [0, 0.1) is 0 Å². The van der Waals surface area contributed by atoms with E-state index in [-0.39, 0.29) is 0 Å². The van der Waals surface area contributed by atoms with E-state index in [0.717, 1.165) is 24.6 Å². The Bertz CT molecular complexity index is 437. The first-order chi connectivity index (χ1) is 8.38. The van der Waals surface area contributed by atoms with Gasteiger partial charge in [-0.2, -0.15) is 0 Å². The van der Waals surface area contributed by atoms with Crippen LogP contribution in [-0.4, -0.2) is 11.5 Å². The van der Waals surface area contributed by atoms with Crippen molar-refractivity contribution in [2.24, 2.45) is 0 Å². The van der Waals surface area contributed by atoms with Crippen molar-refractivity contribution in [2.45, 2.75) is 13.5 Å². The van der Waals surface area contributed by atoms with Gasteiger partial charge in [0.1, 0.15) is 5.82 Å². The zero-order valence-electron chi connectivity index (χ0n) is 9.98. The Balaban J connectivity index is 1.91. The Morgan fingerprint density at radius 2 is 1.82 bits per heavy atom. The summed E-state index contributed by atoms with van der Waals surface area (Å²) in [7, 11) is 0. The average molecular weight is 227 g/mol. The normalized spacial score (nSPS) is 9.94. The lowest BCUT2D eigenvalue weighted by Gasteiger charge is -2.07. The van der Waals surface area contributed by atoms with E-state index >= 15 is 0 Å². The third-order valence-corrected chi connectivity index (χ3v) is 2.46. The van der Waals surface area contributed by atoms with Crippen molar-refractivity contribution < 1.29 is 0 Å². The highest BCUT2D eigenvalue weighted by molar-refractivity contribution is 5.47. The number of hydrogen-bond acceptors (Lipinski definition) is 3. The van der Waals surface area contributed by atoms with Gasteiger partial charge in [0.15, 0.2) is 0 Å². The zero-order valence-corrected chi connectivity index (χ0v) is 9.98. The lowest BCUT2D eigenvalue weighted by molar-refractivity contribution is 1.11. The highest BCUT2D eigenvalue weighted by Crippen LogP contribution is 2.10. The maximum Gasteiger partial charge on any atom is 0.126 e. The summed E-state index contributed by atoms with van der Waals surface area (Å²) in [6.07, 6.45) is 1.84. The molecule has 17 heavy (non-hydrogen) atoms. The third kappa shape index (κ3) is 3.48. The van der Waals surface area contributed by atoms with Crippen LogP contribution in [0.2, 0.25) is 0 Å². The summed E-state index contributed by atoms with van der Waals surface area (Å²) in [4.78, 5) is 4.34. The Morgan fingerprint density at radius 1 is 1.00 bits per heavy atom. The molecule has 0 spiro atoms. The van der Waals surface area contributed by atoms with Crippen LogP contribution in [0.5, 0.6) is 0 Å². The molecule has 88 valence electrons. The second-order valence-corrected chi connectivity index (χ2v) is 3.80. The molecule has 1 aromatic heterocycles. The van der Waals surface area contributed by atoms with Crippen molar-refractivity contribution in [3.8, 4) is 0 Å². The summed E-state index contributed by atoms with van der Waals surface area (Å²) in [6.45, 7) is 3.79. The van der Waals surface area contributed by atoms with E-state index in [4.69, 9.17) is 0 Å². The van der Waals surface area contributed by atoms with Gasteiger partial charge in [0.2, 0.25) is 0 Å². The number of rotatable bonds is 5. The molecule has 1 heterocycles. The molecule has 1 aromatic carbocycles. The van der Waals surface area contributed by atoms with Crippen LogP contribution < -0.4 is 10.6 Å². The van der Waals surface area contributed by atoms with Gasteiger partial charge in [-0.3, -0.25) is 0 Å². The quantitative estimate of drug-likeness (QED) is 0.824. The number of anilines is 2. The fourth-order valence-electron chi connectivity index (χ4n) is 1.60. The number of nitrogens with one attached hydrogen (secondary N) is 2. The van der Waals surface area contributed by atoms with E-state index in [1.165, 1.54) is 5.56 Å². The summed E-state index contributed by atoms with van der Waals surface area (Å²) in [6, 6.07) is 14.3. The smallest absolute Gasteiger partial charge is 0.126 e. The molecule has 3 nitrogen and oxygen atoms in total. The fourth-order valence-corrected chi connectivity index (χ4v) is 1.60. The Hall–Kier alpha value is -2.03. The predicted octanol–water partition coefficient (Wildman–Crippen LogP) is 3.13. The van der Waals surface area contributed by atoms with Gasteiger partial charge in [-0.05, 0) is 24.6 Å². The zero-order chi connectivity index (χ0) is 11.9. The number of nitrogens with zero attached hydrogens (tertiary/aromatic N) is 1. The molecule has 0 bridgehead atoms. The lowest BCUT2D eigenvalue weighted by atomic mass is 10.2. The Labute approximate surface area is 102 Å². The molecule has 3 heteroatoms. The summed E-state index contributed by atoms with van der Waals surface area (Å²) in [5.41, 5.74) is 2.31. The Morgan fingerprint density at radius 3 is 2.47 bits per heavy atom. The van der Waals surface area contributed by atoms with Crippen molar-refractivity contribution in [2.75, 3.05) is 17.2 Å². The van der Waals surface area contributed by atoms with Crippen LogP contribution in [0.25, 0.3) is 0 Å². The standard InChI is InChI=1S/C14H17N3/c1-2-15-13-8-9-14(17-11-13)16-10-12-6-4-3-5-7-12/h3-9,11,15H,2,10H2,1H3,(H,16,17). The van der Waals surface area contributed by atoms with E-state index in [1.54, 1.807) is 0 Å². The summed E-state index contributed by atoms with van der Waals surface area (Å²) in [5, 5.41) is 6.51. The highest BCUT2D eigenvalue weighted by atomic mass is 15.0. The van der Waals surface area contributed by atoms with Crippen LogP contribution in [0.1, 0.15) is 12.5 Å². The fraction of sp³-hybridized carbons (Fsp3) is 0.214. The third-order valence-electron chi connectivity index (χ3n) is 2.46. The SMILES string of the molecule is CCNc1ccc(NCc2ccccc2)nc1. The molecule has 0 aliphatic heterocycles. The van der Waals surface area contributed by atoms with E-state index in [9.17, 15) is 0 Å². The molecule has 0 aliphatic carbocycles. The van der Waals surface area contributed by atoms with Gasteiger partial charge in [-0.25, -0.2) is 4.98 Å². The number of aromatic nitrogens is 1. The van der Waals surface area contributed by atoms with Crippen molar-refractivity contribution in [3.63, 3.8) is 0 Å². The van der Waals surface area contributed by atoms with Crippen LogP contribution in [0.3, 0.4) is 0 Å². The molecule has 0 unspecified atom stereocenters. The van der Waals surface area contributed by atoms with Crippen LogP contribution in [0.15, 0.2) is 48.7 Å². The van der Waals surface area contributed by atoms with Crippen LogP contribution >= 0.6 is 0 Å². The minimum absolute atomic E-state index is 0.800. The van der Waals surface area contributed by atoms with Crippen LogP contribution in [-0.2, 0) is 6.54 Å². The number of benzene rings is 1. The molecule has 2 N–H and O–H groups in total. The second-order valence-electron chi connectivity index (χ2n) is 3.80. The van der Waals surface area contributed by atoms with Gasteiger partial charge in [-0.15, -0.1) is 0 Å². The maximum absolute atomic E-state index is 4.34. The van der Waals surface area contributed by atoms with Crippen molar-refractivity contribution in [1.82, 2.24) is 4.98 Å². The van der Waals surface area contributed by atoms with Gasteiger partial charge in [0, 0.05) is 13.1 Å². The first kappa shape index (κ1) is 11.5. The van der Waals surface area contributed by atoms with E-state index in [2.05, 4.69) is 34.7 Å². The first-order valence-electron chi connectivity index (χ1n) is 5.86. The average Bonchev–Trinajstić information content (AvgIpc) is 2.40. The van der Waals surface area contributed by atoms with Gasteiger partial charge < -0.3 is 10.6 Å². The predicted molar refractivity (Wildman–Crippen MR) is 72.2 cm³/mol. The molecule has 0 atom stereocenters. The van der Waals surface area contributed by atoms with E-state index in [0.29, 0.717) is 0 Å². The summed E-state index contributed by atoms with van der Waals surface area (Å²) < 4.78 is 0. The minimum Gasteiger partial charge on any atom is -0.384 e. The second kappa shape index (κ2) is 5.89. The van der Waals surface area contributed by atoms with Gasteiger partial charge >= 0.3 is 0 Å². The highest BCUT2D eigenvalue weighted by Gasteiger charge is 1.95. The van der Waals surface area contributed by atoms with Gasteiger partial charge in [-0.1, -0.05) is 30.3 Å². The number of hydrogen-bond donors (Lipinski definition) is 2. The van der Waals surface area contributed by atoms with E-state index < -0.39 is 0 Å². The molecular weight excluding hydrogens is 210 g/mol. The molecule has 2 rings (SSSR count). The van der Waals surface area contributed by atoms with Crippen molar-refractivity contribution >= 4 is 11.5 Å². The largest absolute Gasteiger partial charge is 0.384 e. The van der Waals surface area contributed by atoms with Crippen molar-refractivity contribution in [1.29, 1.82) is 0 Å². The van der Waals surface area contributed by atoms with Gasteiger partial charge in [0.05, 0.1) is 11.9 Å². The maximum atomic E-state index is 4.34. The van der Waals surface area contributed by atoms with Gasteiger partial charge in [0.25, 0.3) is 0 Å². The topological polar surface area (TPSA) is 37.0 Å². The molecule has 0 aliphatic rings. The Kier molecular flexibility index (Phi) is 3.97. The molecule has 2 aromatic rings. The number of pyridine rings is 1. The lowest BCUT2D eigenvalue weighted by Crippen LogP contribution is -2.02. The molecule has 0 fully saturated rings. The molecule has 0 amide bonds. The summed E-state index contributed by atoms with van der Waals surface area (Å²) >= 11 is 0. The monoisotopic (exact) mass is 227 g/mol. The molecule has 0 radical (unpaired) electrons. The van der Waals surface area contributed by atoms with Crippen LogP contribution in [0.4, 0.5) is 11.5 Å². The molecular formula is C14H17N3. The molecule has 0 saturated carbocycles. The van der Waals surface area contributed by atoms with E-state index in [1.807, 2.05) is 36.5 Å². The molecule has 0 saturated heterocycles. The van der Waals surface area contributed by atoms with Crippen molar-refractivity contribution in [3.05, 3.63) is 54.2 Å². The first-order valence-corrected chi connectivity index (χ1v) is 5.86.